The summed E-state index contributed by atoms with van der Waals surface area (Å²) in [7, 11) is 1.32. The first-order valence-electron chi connectivity index (χ1n) is 4.46. The normalized spacial score (nSPS) is 10.1. The maximum atomic E-state index is 11.2. The van der Waals surface area contributed by atoms with Crippen LogP contribution in [0.25, 0.3) is 11.5 Å². The molecule has 0 saturated carbocycles. The molecule has 0 saturated heterocycles. The van der Waals surface area contributed by atoms with Crippen molar-refractivity contribution in [2.24, 2.45) is 0 Å². The van der Waals surface area contributed by atoms with Crippen LogP contribution in [-0.4, -0.2) is 28.0 Å². The molecular formula is C10H8BrN3O2. The summed E-state index contributed by atoms with van der Waals surface area (Å²) < 4.78 is 5.38. The largest absolute Gasteiger partial charge is 0.464 e. The number of ether oxygens (including phenoxy) is 1. The highest BCUT2D eigenvalue weighted by Gasteiger charge is 2.12. The van der Waals surface area contributed by atoms with E-state index in [1.54, 1.807) is 12.3 Å². The van der Waals surface area contributed by atoms with Gasteiger partial charge in [-0.15, -0.1) is 0 Å². The molecule has 0 spiro atoms. The van der Waals surface area contributed by atoms with Gasteiger partial charge in [0.15, 0.2) is 5.82 Å². The van der Waals surface area contributed by atoms with Crippen molar-refractivity contribution in [3.63, 3.8) is 0 Å². The number of carbonyl (C=O) groups is 1. The monoisotopic (exact) mass is 281 g/mol. The van der Waals surface area contributed by atoms with Crippen molar-refractivity contribution in [2.45, 2.75) is 0 Å². The second-order valence-electron chi connectivity index (χ2n) is 2.97. The predicted molar refractivity (Wildman–Crippen MR) is 60.9 cm³/mol. The van der Waals surface area contributed by atoms with Gasteiger partial charge in [-0.05, 0) is 28.1 Å². The Balaban J connectivity index is 2.39. The van der Waals surface area contributed by atoms with Gasteiger partial charge < -0.3 is 9.72 Å². The summed E-state index contributed by atoms with van der Waals surface area (Å²) in [5.74, 6) is 0.0682. The van der Waals surface area contributed by atoms with E-state index in [0.29, 0.717) is 17.2 Å². The Hall–Kier alpha value is -1.69. The Kier molecular flexibility index (Phi) is 3.00. The van der Waals surface area contributed by atoms with E-state index in [1.807, 2.05) is 6.07 Å². The van der Waals surface area contributed by atoms with E-state index in [2.05, 4.69) is 35.6 Å². The van der Waals surface area contributed by atoms with Crippen LogP contribution in [-0.2, 0) is 4.74 Å². The van der Waals surface area contributed by atoms with Gasteiger partial charge in [-0.25, -0.2) is 9.78 Å². The lowest BCUT2D eigenvalue weighted by Crippen LogP contribution is -2.01. The molecule has 2 aromatic rings. The van der Waals surface area contributed by atoms with Crippen molar-refractivity contribution in [2.75, 3.05) is 7.11 Å². The van der Waals surface area contributed by atoms with E-state index in [9.17, 15) is 4.79 Å². The molecule has 0 radical (unpaired) electrons. The third kappa shape index (κ3) is 1.96. The summed E-state index contributed by atoms with van der Waals surface area (Å²) in [5.41, 5.74) is 0.952. The van der Waals surface area contributed by atoms with E-state index in [4.69, 9.17) is 0 Å². The van der Waals surface area contributed by atoms with Crippen LogP contribution in [0.2, 0.25) is 0 Å². The van der Waals surface area contributed by atoms with Gasteiger partial charge in [0.25, 0.3) is 0 Å². The standard InChI is InChI=1S/C10H8BrN3O2/c1-16-10(15)7-5-13-9(14-7)8-6(11)3-2-4-12-8/h2-5H,1H3,(H,13,14). The number of nitrogens with zero attached hydrogens (tertiary/aromatic N) is 2. The number of aromatic nitrogens is 3. The summed E-state index contributed by atoms with van der Waals surface area (Å²) in [6, 6.07) is 3.65. The highest BCUT2D eigenvalue weighted by molar-refractivity contribution is 9.10. The van der Waals surface area contributed by atoms with Crippen LogP contribution in [0.5, 0.6) is 0 Å². The molecule has 6 heteroatoms. The maximum absolute atomic E-state index is 11.2. The topological polar surface area (TPSA) is 67.9 Å². The third-order valence-electron chi connectivity index (χ3n) is 1.96. The van der Waals surface area contributed by atoms with Gasteiger partial charge in [0.2, 0.25) is 0 Å². The van der Waals surface area contributed by atoms with Gasteiger partial charge in [-0.3, -0.25) is 4.98 Å². The number of carbonyl (C=O) groups excluding carboxylic acids is 1. The van der Waals surface area contributed by atoms with Crippen LogP contribution in [0, 0.1) is 0 Å². The molecule has 82 valence electrons. The Morgan fingerprint density at radius 2 is 2.31 bits per heavy atom. The van der Waals surface area contributed by atoms with Gasteiger partial charge in [-0.1, -0.05) is 0 Å². The van der Waals surface area contributed by atoms with Crippen LogP contribution < -0.4 is 0 Å². The fourth-order valence-corrected chi connectivity index (χ4v) is 1.66. The number of pyridine rings is 1. The molecule has 1 N–H and O–H groups in total. The second-order valence-corrected chi connectivity index (χ2v) is 3.83. The molecule has 16 heavy (non-hydrogen) atoms. The first-order valence-corrected chi connectivity index (χ1v) is 5.26. The summed E-state index contributed by atoms with van der Waals surface area (Å²) >= 11 is 3.36. The van der Waals surface area contributed by atoms with Gasteiger partial charge in [0, 0.05) is 10.7 Å². The molecule has 0 aliphatic rings. The minimum absolute atomic E-state index is 0.301. The Morgan fingerprint density at radius 1 is 1.50 bits per heavy atom. The first kappa shape index (κ1) is 10.8. The predicted octanol–water partition coefficient (Wildman–Crippen LogP) is 2.02. The number of esters is 1. The van der Waals surface area contributed by atoms with Gasteiger partial charge in [-0.2, -0.15) is 0 Å². The van der Waals surface area contributed by atoms with Crippen molar-refractivity contribution in [1.82, 2.24) is 15.0 Å². The summed E-state index contributed by atoms with van der Waals surface area (Å²) in [6.07, 6.45) is 3.07. The molecule has 0 atom stereocenters. The number of rotatable bonds is 2. The van der Waals surface area contributed by atoms with Crippen molar-refractivity contribution in [1.29, 1.82) is 0 Å². The average Bonchev–Trinajstić information content (AvgIpc) is 2.78. The molecule has 0 aliphatic heterocycles. The zero-order valence-electron chi connectivity index (χ0n) is 8.40. The number of imidazole rings is 1. The summed E-state index contributed by atoms with van der Waals surface area (Å²) in [5, 5.41) is 0. The zero-order chi connectivity index (χ0) is 11.5. The number of nitrogens with one attached hydrogen (secondary N) is 1. The number of H-pyrrole nitrogens is 1. The van der Waals surface area contributed by atoms with Gasteiger partial charge in [0.05, 0.1) is 13.3 Å². The molecule has 2 heterocycles. The minimum Gasteiger partial charge on any atom is -0.464 e. The number of methoxy groups -OCH3 is 1. The molecule has 0 bridgehead atoms. The molecule has 5 nitrogen and oxygen atoms in total. The van der Waals surface area contributed by atoms with Gasteiger partial charge in [0.1, 0.15) is 11.4 Å². The highest BCUT2D eigenvalue weighted by atomic mass is 79.9. The van der Waals surface area contributed by atoms with Crippen molar-refractivity contribution < 1.29 is 9.53 Å². The van der Waals surface area contributed by atoms with Crippen LogP contribution in [0.4, 0.5) is 0 Å². The summed E-state index contributed by atoms with van der Waals surface area (Å²) in [6.45, 7) is 0. The molecular weight excluding hydrogens is 274 g/mol. The van der Waals surface area contributed by atoms with E-state index in [0.717, 1.165) is 4.47 Å². The lowest BCUT2D eigenvalue weighted by Gasteiger charge is -1.98. The minimum atomic E-state index is -0.453. The van der Waals surface area contributed by atoms with Crippen LogP contribution >= 0.6 is 15.9 Å². The number of aromatic amines is 1. The molecule has 0 aromatic carbocycles. The van der Waals surface area contributed by atoms with Crippen molar-refractivity contribution in [3.8, 4) is 11.5 Å². The molecule has 2 aromatic heterocycles. The molecule has 0 amide bonds. The van der Waals surface area contributed by atoms with E-state index in [1.165, 1.54) is 13.3 Å². The van der Waals surface area contributed by atoms with E-state index < -0.39 is 5.97 Å². The molecule has 0 aliphatic carbocycles. The van der Waals surface area contributed by atoms with E-state index >= 15 is 0 Å². The molecule has 0 unspecified atom stereocenters. The highest BCUT2D eigenvalue weighted by Crippen LogP contribution is 2.22. The lowest BCUT2D eigenvalue weighted by molar-refractivity contribution is 0.0595. The van der Waals surface area contributed by atoms with Gasteiger partial charge >= 0.3 is 5.97 Å². The van der Waals surface area contributed by atoms with E-state index in [-0.39, 0.29) is 0 Å². The quantitative estimate of drug-likeness (QED) is 0.856. The number of halogens is 1. The van der Waals surface area contributed by atoms with Crippen molar-refractivity contribution >= 4 is 21.9 Å². The van der Waals surface area contributed by atoms with Crippen LogP contribution in [0.15, 0.2) is 29.0 Å². The smallest absolute Gasteiger partial charge is 0.356 e. The first-order chi connectivity index (χ1) is 7.72. The Bertz CT molecular complexity index is 524. The summed E-state index contributed by atoms with van der Waals surface area (Å²) in [4.78, 5) is 22.3. The number of hydrogen-bond acceptors (Lipinski definition) is 4. The fourth-order valence-electron chi connectivity index (χ4n) is 1.22. The molecule has 0 fully saturated rings. The Labute approximate surface area is 100 Å². The lowest BCUT2D eigenvalue weighted by atomic mass is 10.3. The second kappa shape index (κ2) is 4.44. The zero-order valence-corrected chi connectivity index (χ0v) is 9.98. The SMILES string of the molecule is COC(=O)c1cnc(-c2ncccc2Br)[nH]1. The molecule has 2 rings (SSSR count). The van der Waals surface area contributed by atoms with Crippen LogP contribution in [0.3, 0.4) is 0 Å². The average molecular weight is 282 g/mol. The third-order valence-corrected chi connectivity index (χ3v) is 2.60. The van der Waals surface area contributed by atoms with Crippen LogP contribution in [0.1, 0.15) is 10.5 Å². The number of hydrogen-bond donors (Lipinski definition) is 1. The maximum Gasteiger partial charge on any atom is 0.356 e. The fraction of sp³-hybridized carbons (Fsp3) is 0.100. The Morgan fingerprint density at radius 3 is 3.00 bits per heavy atom. The van der Waals surface area contributed by atoms with Crippen molar-refractivity contribution in [3.05, 3.63) is 34.7 Å².